The highest BCUT2D eigenvalue weighted by Crippen LogP contribution is 2.30. The summed E-state index contributed by atoms with van der Waals surface area (Å²) in [5, 5.41) is 4.30. The maximum atomic E-state index is 13.2. The number of hydrogen-bond acceptors (Lipinski definition) is 3. The van der Waals surface area contributed by atoms with Crippen LogP contribution in [0.1, 0.15) is 31.9 Å². The highest BCUT2D eigenvalue weighted by Gasteiger charge is 2.38. The Balaban J connectivity index is 1.90. The molecule has 5 nitrogen and oxygen atoms in total. The van der Waals surface area contributed by atoms with Gasteiger partial charge in [0, 0.05) is 31.5 Å². The van der Waals surface area contributed by atoms with Crippen LogP contribution in [0, 0.1) is 5.41 Å². The van der Waals surface area contributed by atoms with Crippen molar-refractivity contribution >= 4 is 5.91 Å². The minimum absolute atomic E-state index is 0.0702. The number of likely N-dealkylation sites (tertiary alicyclic amines) is 1. The molecule has 1 aromatic heterocycles. The van der Waals surface area contributed by atoms with E-state index in [-0.39, 0.29) is 17.4 Å². The SMILES string of the molecule is CC1(C)CN(C(=O)C(c2ccccc2)n2cccn2)CCC1N. The van der Waals surface area contributed by atoms with Crippen molar-refractivity contribution in [2.24, 2.45) is 11.1 Å². The molecule has 2 atom stereocenters. The van der Waals surface area contributed by atoms with Gasteiger partial charge in [-0.1, -0.05) is 44.2 Å². The fraction of sp³-hybridized carbons (Fsp3) is 0.444. The predicted molar refractivity (Wildman–Crippen MR) is 89.8 cm³/mol. The van der Waals surface area contributed by atoms with Crippen molar-refractivity contribution in [2.75, 3.05) is 13.1 Å². The molecule has 5 heteroatoms. The molecule has 0 spiro atoms. The Kier molecular flexibility index (Phi) is 4.22. The minimum atomic E-state index is -0.420. The molecule has 2 heterocycles. The highest BCUT2D eigenvalue weighted by atomic mass is 16.2. The standard InChI is InChI=1S/C18H24N4O/c1-18(2)13-21(12-9-15(18)19)17(23)16(22-11-6-10-20-22)14-7-4-3-5-8-14/h3-8,10-11,15-16H,9,12-13,19H2,1-2H3. The van der Waals surface area contributed by atoms with E-state index in [4.69, 9.17) is 5.73 Å². The van der Waals surface area contributed by atoms with Crippen molar-refractivity contribution in [3.63, 3.8) is 0 Å². The van der Waals surface area contributed by atoms with Crippen LogP contribution in [0.3, 0.4) is 0 Å². The van der Waals surface area contributed by atoms with Crippen molar-refractivity contribution in [3.05, 3.63) is 54.4 Å². The fourth-order valence-electron chi connectivity index (χ4n) is 3.21. The highest BCUT2D eigenvalue weighted by molar-refractivity contribution is 5.83. The molecule has 2 unspecified atom stereocenters. The molecule has 0 bridgehead atoms. The summed E-state index contributed by atoms with van der Waals surface area (Å²) in [5.41, 5.74) is 7.08. The molecule has 0 aliphatic carbocycles. The molecule has 0 radical (unpaired) electrons. The zero-order valence-electron chi connectivity index (χ0n) is 13.7. The predicted octanol–water partition coefficient (Wildman–Crippen LogP) is 2.06. The van der Waals surface area contributed by atoms with E-state index in [0.717, 1.165) is 12.0 Å². The number of aromatic nitrogens is 2. The first-order chi connectivity index (χ1) is 11.0. The largest absolute Gasteiger partial charge is 0.340 e. The number of amides is 1. The van der Waals surface area contributed by atoms with E-state index < -0.39 is 6.04 Å². The molecular formula is C18H24N4O. The van der Waals surface area contributed by atoms with Gasteiger partial charge in [-0.25, -0.2) is 0 Å². The van der Waals surface area contributed by atoms with Gasteiger partial charge in [-0.05, 0) is 23.5 Å². The van der Waals surface area contributed by atoms with E-state index in [1.165, 1.54) is 0 Å². The Hall–Kier alpha value is -2.14. The fourth-order valence-corrected chi connectivity index (χ4v) is 3.21. The van der Waals surface area contributed by atoms with Gasteiger partial charge in [-0.2, -0.15) is 5.10 Å². The molecule has 2 aromatic rings. The van der Waals surface area contributed by atoms with E-state index in [1.807, 2.05) is 47.5 Å². The maximum Gasteiger partial charge on any atom is 0.252 e. The number of nitrogens with zero attached hydrogens (tertiary/aromatic N) is 3. The Bertz CT molecular complexity index is 651. The molecule has 1 aliphatic heterocycles. The van der Waals surface area contributed by atoms with Crippen LogP contribution >= 0.6 is 0 Å². The molecule has 2 N–H and O–H groups in total. The lowest BCUT2D eigenvalue weighted by atomic mass is 9.79. The normalized spacial score (nSPS) is 21.9. The Morgan fingerprint density at radius 1 is 1.30 bits per heavy atom. The molecule has 1 aromatic carbocycles. The zero-order valence-corrected chi connectivity index (χ0v) is 13.7. The Morgan fingerprint density at radius 2 is 2.04 bits per heavy atom. The summed E-state index contributed by atoms with van der Waals surface area (Å²) in [6.07, 6.45) is 4.38. The summed E-state index contributed by atoms with van der Waals surface area (Å²) in [6, 6.07) is 11.4. The van der Waals surface area contributed by atoms with Crippen molar-refractivity contribution < 1.29 is 4.79 Å². The van der Waals surface area contributed by atoms with E-state index >= 15 is 0 Å². The number of nitrogens with two attached hydrogens (primary N) is 1. The van der Waals surface area contributed by atoms with E-state index in [9.17, 15) is 4.79 Å². The molecule has 3 rings (SSSR count). The van der Waals surface area contributed by atoms with Crippen molar-refractivity contribution in [2.45, 2.75) is 32.4 Å². The van der Waals surface area contributed by atoms with Gasteiger partial charge in [0.2, 0.25) is 0 Å². The Morgan fingerprint density at radius 3 is 2.65 bits per heavy atom. The average molecular weight is 312 g/mol. The van der Waals surface area contributed by atoms with Gasteiger partial charge in [0.25, 0.3) is 5.91 Å². The summed E-state index contributed by atoms with van der Waals surface area (Å²) in [4.78, 5) is 15.1. The van der Waals surface area contributed by atoms with Crippen LogP contribution in [0.25, 0.3) is 0 Å². The summed E-state index contributed by atoms with van der Waals surface area (Å²) in [7, 11) is 0. The van der Waals surface area contributed by atoms with Crippen molar-refractivity contribution in [3.8, 4) is 0 Å². The first-order valence-electron chi connectivity index (χ1n) is 8.07. The number of piperidine rings is 1. The quantitative estimate of drug-likeness (QED) is 0.943. The third kappa shape index (κ3) is 3.15. The first-order valence-corrected chi connectivity index (χ1v) is 8.07. The van der Waals surface area contributed by atoms with E-state index in [2.05, 4.69) is 18.9 Å². The number of benzene rings is 1. The van der Waals surface area contributed by atoms with Gasteiger partial charge >= 0.3 is 0 Å². The van der Waals surface area contributed by atoms with Crippen LogP contribution in [0.4, 0.5) is 0 Å². The second-order valence-electron chi connectivity index (χ2n) is 6.94. The molecule has 23 heavy (non-hydrogen) atoms. The molecule has 1 aliphatic rings. The topological polar surface area (TPSA) is 64.2 Å². The minimum Gasteiger partial charge on any atom is -0.340 e. The first kappa shape index (κ1) is 15.7. The number of carbonyl (C=O) groups is 1. The van der Waals surface area contributed by atoms with Crippen molar-refractivity contribution in [1.82, 2.24) is 14.7 Å². The summed E-state index contributed by atoms with van der Waals surface area (Å²) < 4.78 is 1.74. The van der Waals surface area contributed by atoms with Crippen LogP contribution < -0.4 is 5.73 Å². The molecule has 1 fully saturated rings. The summed E-state index contributed by atoms with van der Waals surface area (Å²) in [5.74, 6) is 0.0832. The summed E-state index contributed by atoms with van der Waals surface area (Å²) in [6.45, 7) is 5.64. The van der Waals surface area contributed by atoms with Crippen LogP contribution in [0.2, 0.25) is 0 Å². The van der Waals surface area contributed by atoms with E-state index in [1.54, 1.807) is 10.9 Å². The van der Waals surface area contributed by atoms with Crippen LogP contribution in [-0.2, 0) is 4.79 Å². The third-order valence-corrected chi connectivity index (χ3v) is 4.76. The van der Waals surface area contributed by atoms with Gasteiger partial charge in [0.15, 0.2) is 6.04 Å². The van der Waals surface area contributed by atoms with Crippen LogP contribution in [0.5, 0.6) is 0 Å². The van der Waals surface area contributed by atoms with Crippen molar-refractivity contribution in [1.29, 1.82) is 0 Å². The molecule has 0 saturated carbocycles. The van der Waals surface area contributed by atoms with Gasteiger partial charge in [0.05, 0.1) is 0 Å². The molecule has 1 amide bonds. The van der Waals surface area contributed by atoms with E-state index in [0.29, 0.717) is 13.1 Å². The van der Waals surface area contributed by atoms with Gasteiger partial charge in [0.1, 0.15) is 0 Å². The number of hydrogen-bond donors (Lipinski definition) is 1. The average Bonchev–Trinajstić information content (AvgIpc) is 3.05. The second kappa shape index (κ2) is 6.16. The Labute approximate surface area is 137 Å². The van der Waals surface area contributed by atoms with Crippen LogP contribution in [0.15, 0.2) is 48.8 Å². The van der Waals surface area contributed by atoms with Gasteiger partial charge < -0.3 is 10.6 Å². The second-order valence-corrected chi connectivity index (χ2v) is 6.94. The van der Waals surface area contributed by atoms with Crippen LogP contribution in [-0.4, -0.2) is 39.7 Å². The zero-order chi connectivity index (χ0) is 16.4. The molecular weight excluding hydrogens is 288 g/mol. The molecule has 1 saturated heterocycles. The number of carbonyl (C=O) groups excluding carboxylic acids is 1. The lowest BCUT2D eigenvalue weighted by molar-refractivity contribution is -0.137. The maximum absolute atomic E-state index is 13.2. The third-order valence-electron chi connectivity index (χ3n) is 4.76. The van der Waals surface area contributed by atoms with Gasteiger partial charge in [-0.15, -0.1) is 0 Å². The summed E-state index contributed by atoms with van der Waals surface area (Å²) >= 11 is 0. The van der Waals surface area contributed by atoms with Gasteiger partial charge in [-0.3, -0.25) is 9.48 Å². The molecule has 122 valence electrons. The smallest absolute Gasteiger partial charge is 0.252 e. The lowest BCUT2D eigenvalue weighted by Gasteiger charge is -2.43. The number of rotatable bonds is 3. The lowest BCUT2D eigenvalue weighted by Crippen LogP contribution is -2.55. The monoisotopic (exact) mass is 312 g/mol.